The van der Waals surface area contributed by atoms with Crippen LogP contribution in [0.3, 0.4) is 0 Å². The van der Waals surface area contributed by atoms with Crippen molar-refractivity contribution in [3.63, 3.8) is 0 Å². The Labute approximate surface area is 127 Å². The summed E-state index contributed by atoms with van der Waals surface area (Å²) in [6, 6.07) is 5.26. The highest BCUT2D eigenvalue weighted by atomic mass is 35.5. The quantitative estimate of drug-likeness (QED) is 0.812. The van der Waals surface area contributed by atoms with E-state index in [0.717, 1.165) is 18.4 Å². The summed E-state index contributed by atoms with van der Waals surface area (Å²) in [6.45, 7) is 6.68. The normalized spacial score (nSPS) is 11.4. The molecule has 5 heteroatoms. The second-order valence-electron chi connectivity index (χ2n) is 4.73. The number of carbonyl (C=O) groups is 1. The fourth-order valence-electron chi connectivity index (χ4n) is 1.73. The number of nitrogens with one attached hydrogen (secondary N) is 1. The molecular formula is C15H25ClN2O2. The number of halogens is 1. The lowest BCUT2D eigenvalue weighted by atomic mass is 10.1. The van der Waals surface area contributed by atoms with Gasteiger partial charge in [0.25, 0.3) is 0 Å². The molecule has 0 aromatic heterocycles. The minimum Gasteiger partial charge on any atom is -0.491 e. The van der Waals surface area contributed by atoms with E-state index in [1.807, 2.05) is 39.0 Å². The Kier molecular flexibility index (Phi) is 9.01. The van der Waals surface area contributed by atoms with E-state index in [9.17, 15) is 4.79 Å². The van der Waals surface area contributed by atoms with Gasteiger partial charge < -0.3 is 15.8 Å². The number of aryl methyl sites for hydroxylation is 1. The topological polar surface area (TPSA) is 64.3 Å². The lowest BCUT2D eigenvalue weighted by Gasteiger charge is -2.15. The van der Waals surface area contributed by atoms with Crippen molar-refractivity contribution in [1.29, 1.82) is 0 Å². The van der Waals surface area contributed by atoms with Crippen molar-refractivity contribution in [3.8, 4) is 5.75 Å². The van der Waals surface area contributed by atoms with Gasteiger partial charge in [-0.1, -0.05) is 26.3 Å². The molecule has 1 aromatic rings. The van der Waals surface area contributed by atoms with Crippen LogP contribution in [0.2, 0.25) is 0 Å². The van der Waals surface area contributed by atoms with E-state index < -0.39 is 6.04 Å². The largest absolute Gasteiger partial charge is 0.491 e. The van der Waals surface area contributed by atoms with Gasteiger partial charge in [0.05, 0.1) is 18.3 Å². The molecule has 1 rings (SSSR count). The third-order valence-corrected chi connectivity index (χ3v) is 2.79. The highest BCUT2D eigenvalue weighted by molar-refractivity contribution is 5.95. The molecule has 1 unspecified atom stereocenters. The van der Waals surface area contributed by atoms with E-state index in [-0.39, 0.29) is 18.3 Å². The maximum atomic E-state index is 11.9. The molecule has 1 atom stereocenters. The van der Waals surface area contributed by atoms with Crippen LogP contribution in [0.25, 0.3) is 0 Å². The van der Waals surface area contributed by atoms with Crippen LogP contribution in [0, 0.1) is 6.92 Å². The van der Waals surface area contributed by atoms with Gasteiger partial charge in [0.2, 0.25) is 5.91 Å². The Morgan fingerprint density at radius 3 is 2.65 bits per heavy atom. The first-order valence-corrected chi connectivity index (χ1v) is 6.88. The van der Waals surface area contributed by atoms with E-state index >= 15 is 0 Å². The maximum absolute atomic E-state index is 11.9. The molecule has 0 bridgehead atoms. The standard InChI is InChI=1S/C15H24N2O2.ClH/c1-4-6-12(16)15(18)17-13-8-7-11(3)10-14(13)19-9-5-2;/h7-8,10,12H,4-6,9,16H2,1-3H3,(H,17,18);1H. The SMILES string of the molecule is CCCOc1cc(C)ccc1NC(=O)C(N)CCC.Cl. The molecular weight excluding hydrogens is 276 g/mol. The first kappa shape index (κ1) is 18.7. The number of ether oxygens (including phenoxy) is 1. The van der Waals surface area contributed by atoms with Gasteiger partial charge in [0.15, 0.2) is 0 Å². The number of benzene rings is 1. The van der Waals surface area contributed by atoms with E-state index in [1.54, 1.807) is 0 Å². The smallest absolute Gasteiger partial charge is 0.241 e. The number of hydrogen-bond acceptors (Lipinski definition) is 3. The number of hydrogen-bond donors (Lipinski definition) is 2. The average molecular weight is 301 g/mol. The summed E-state index contributed by atoms with van der Waals surface area (Å²) in [7, 11) is 0. The van der Waals surface area contributed by atoms with E-state index in [4.69, 9.17) is 10.5 Å². The summed E-state index contributed by atoms with van der Waals surface area (Å²) < 4.78 is 5.65. The van der Waals surface area contributed by atoms with Crippen LogP contribution in [-0.4, -0.2) is 18.6 Å². The minimum absolute atomic E-state index is 0. The van der Waals surface area contributed by atoms with Crippen molar-refractivity contribution in [1.82, 2.24) is 0 Å². The Morgan fingerprint density at radius 2 is 2.05 bits per heavy atom. The molecule has 1 aromatic carbocycles. The molecule has 0 saturated carbocycles. The van der Waals surface area contributed by atoms with Crippen LogP contribution in [0.1, 0.15) is 38.7 Å². The van der Waals surface area contributed by atoms with Crippen LogP contribution in [0.4, 0.5) is 5.69 Å². The fourth-order valence-corrected chi connectivity index (χ4v) is 1.73. The second-order valence-corrected chi connectivity index (χ2v) is 4.73. The Balaban J connectivity index is 0.00000361. The lowest BCUT2D eigenvalue weighted by Crippen LogP contribution is -2.35. The zero-order valence-corrected chi connectivity index (χ0v) is 13.3. The first-order valence-electron chi connectivity index (χ1n) is 6.88. The Hall–Kier alpha value is -1.26. The molecule has 20 heavy (non-hydrogen) atoms. The predicted octanol–water partition coefficient (Wildman–Crippen LogP) is 3.27. The number of rotatable bonds is 7. The Morgan fingerprint density at radius 1 is 1.35 bits per heavy atom. The van der Waals surface area contributed by atoms with Crippen molar-refractivity contribution in [2.75, 3.05) is 11.9 Å². The van der Waals surface area contributed by atoms with E-state index in [2.05, 4.69) is 5.32 Å². The molecule has 114 valence electrons. The molecule has 1 amide bonds. The summed E-state index contributed by atoms with van der Waals surface area (Å²) in [6.07, 6.45) is 2.50. The molecule has 3 N–H and O–H groups in total. The summed E-state index contributed by atoms with van der Waals surface area (Å²) in [4.78, 5) is 11.9. The van der Waals surface area contributed by atoms with Gasteiger partial charge in [0.1, 0.15) is 5.75 Å². The van der Waals surface area contributed by atoms with Gasteiger partial charge in [0, 0.05) is 0 Å². The lowest BCUT2D eigenvalue weighted by molar-refractivity contribution is -0.117. The van der Waals surface area contributed by atoms with Gasteiger partial charge >= 0.3 is 0 Å². The monoisotopic (exact) mass is 300 g/mol. The number of amides is 1. The number of carbonyl (C=O) groups excluding carboxylic acids is 1. The fraction of sp³-hybridized carbons (Fsp3) is 0.533. The molecule has 0 aliphatic carbocycles. The van der Waals surface area contributed by atoms with Crippen molar-refractivity contribution in [2.24, 2.45) is 5.73 Å². The van der Waals surface area contributed by atoms with Crippen LogP contribution in [0.15, 0.2) is 18.2 Å². The van der Waals surface area contributed by atoms with E-state index in [1.165, 1.54) is 0 Å². The van der Waals surface area contributed by atoms with Gasteiger partial charge in [-0.3, -0.25) is 4.79 Å². The van der Waals surface area contributed by atoms with Crippen LogP contribution in [0.5, 0.6) is 5.75 Å². The van der Waals surface area contributed by atoms with Gasteiger partial charge in [-0.2, -0.15) is 0 Å². The molecule has 0 spiro atoms. The molecule has 0 saturated heterocycles. The van der Waals surface area contributed by atoms with Crippen LogP contribution in [-0.2, 0) is 4.79 Å². The summed E-state index contributed by atoms with van der Waals surface area (Å²) in [5.41, 5.74) is 7.59. The van der Waals surface area contributed by atoms with Crippen LogP contribution < -0.4 is 15.8 Å². The van der Waals surface area contributed by atoms with Crippen LogP contribution >= 0.6 is 12.4 Å². The third kappa shape index (κ3) is 5.80. The number of nitrogens with two attached hydrogens (primary N) is 1. The molecule has 0 aliphatic heterocycles. The summed E-state index contributed by atoms with van der Waals surface area (Å²) in [5.74, 6) is 0.547. The Bertz CT molecular complexity index is 424. The first-order chi connectivity index (χ1) is 9.08. The zero-order chi connectivity index (χ0) is 14.3. The van der Waals surface area contributed by atoms with Crippen molar-refractivity contribution >= 4 is 24.0 Å². The summed E-state index contributed by atoms with van der Waals surface area (Å²) >= 11 is 0. The van der Waals surface area contributed by atoms with Gasteiger partial charge in [-0.25, -0.2) is 0 Å². The third-order valence-electron chi connectivity index (χ3n) is 2.79. The second kappa shape index (κ2) is 9.61. The van der Waals surface area contributed by atoms with Gasteiger partial charge in [-0.15, -0.1) is 12.4 Å². The predicted molar refractivity (Wildman–Crippen MR) is 85.7 cm³/mol. The van der Waals surface area contributed by atoms with Crippen molar-refractivity contribution < 1.29 is 9.53 Å². The highest BCUT2D eigenvalue weighted by Gasteiger charge is 2.14. The minimum atomic E-state index is -0.467. The molecule has 0 aliphatic rings. The van der Waals surface area contributed by atoms with E-state index in [0.29, 0.717) is 24.5 Å². The van der Waals surface area contributed by atoms with Crippen molar-refractivity contribution in [2.45, 2.75) is 46.1 Å². The molecule has 0 radical (unpaired) electrons. The van der Waals surface area contributed by atoms with Gasteiger partial charge in [-0.05, 0) is 37.5 Å². The highest BCUT2D eigenvalue weighted by Crippen LogP contribution is 2.26. The molecule has 4 nitrogen and oxygen atoms in total. The zero-order valence-electron chi connectivity index (χ0n) is 12.4. The number of anilines is 1. The molecule has 0 heterocycles. The maximum Gasteiger partial charge on any atom is 0.241 e. The summed E-state index contributed by atoms with van der Waals surface area (Å²) in [5, 5.41) is 2.84. The average Bonchev–Trinajstić information content (AvgIpc) is 2.39. The van der Waals surface area contributed by atoms with Crippen molar-refractivity contribution in [3.05, 3.63) is 23.8 Å². The molecule has 0 fully saturated rings.